The number of nitrogen functional groups attached to an aromatic ring is 1. The Morgan fingerprint density at radius 3 is 2.63 bits per heavy atom. The highest BCUT2D eigenvalue weighted by Crippen LogP contribution is 2.26. The molecule has 0 fully saturated rings. The Bertz CT molecular complexity index is 900. The zero-order valence-electron chi connectivity index (χ0n) is 14.5. The van der Waals surface area contributed by atoms with Crippen LogP contribution in [0.5, 0.6) is 0 Å². The first-order valence-electron chi connectivity index (χ1n) is 7.98. The maximum absolute atomic E-state index is 11.6. The third-order valence-electron chi connectivity index (χ3n) is 3.34. The number of anilines is 4. The molecule has 2 aromatic heterocycles. The first-order chi connectivity index (χ1) is 13.1. The molecule has 4 N–H and O–H groups in total. The normalized spacial score (nSPS) is 10.4. The summed E-state index contributed by atoms with van der Waals surface area (Å²) < 4.78 is 9.76. The zero-order chi connectivity index (χ0) is 19.1. The highest BCUT2D eigenvalue weighted by molar-refractivity contribution is 7.18. The first kappa shape index (κ1) is 18.5. The molecule has 140 valence electrons. The van der Waals surface area contributed by atoms with Crippen LogP contribution in [0.3, 0.4) is 0 Å². The number of carbonyl (C=O) groups is 1. The average Bonchev–Trinajstić information content (AvgIpc) is 3.10. The van der Waals surface area contributed by atoms with Crippen LogP contribution in [0, 0.1) is 0 Å². The minimum absolute atomic E-state index is 0.195. The van der Waals surface area contributed by atoms with Crippen LogP contribution in [0.1, 0.15) is 0 Å². The summed E-state index contributed by atoms with van der Waals surface area (Å²) in [7, 11) is 1.54. The van der Waals surface area contributed by atoms with Crippen LogP contribution in [0.25, 0.3) is 10.6 Å². The third-order valence-corrected chi connectivity index (χ3v) is 4.19. The van der Waals surface area contributed by atoms with Crippen molar-refractivity contribution < 1.29 is 14.3 Å². The Morgan fingerprint density at radius 2 is 1.93 bits per heavy atom. The Kier molecular flexibility index (Phi) is 6.13. The minimum atomic E-state index is -0.535. The van der Waals surface area contributed by atoms with Gasteiger partial charge in [0.2, 0.25) is 5.95 Å². The second-order valence-electron chi connectivity index (χ2n) is 5.28. The van der Waals surface area contributed by atoms with Crippen LogP contribution in [-0.2, 0) is 9.47 Å². The van der Waals surface area contributed by atoms with Gasteiger partial charge in [0.25, 0.3) is 0 Å². The molecular formula is C17H18N6O3S. The van der Waals surface area contributed by atoms with Crippen molar-refractivity contribution in [2.45, 2.75) is 0 Å². The summed E-state index contributed by atoms with van der Waals surface area (Å²) in [5, 5.41) is 6.23. The van der Waals surface area contributed by atoms with E-state index in [1.165, 1.54) is 11.3 Å². The van der Waals surface area contributed by atoms with E-state index in [1.807, 2.05) is 0 Å². The van der Waals surface area contributed by atoms with Crippen molar-refractivity contribution in [1.82, 2.24) is 15.0 Å². The smallest absolute Gasteiger partial charge is 0.411 e. The van der Waals surface area contributed by atoms with Crippen molar-refractivity contribution in [3.05, 3.63) is 42.7 Å². The number of methoxy groups -OCH3 is 1. The van der Waals surface area contributed by atoms with Gasteiger partial charge in [0.05, 0.1) is 17.2 Å². The van der Waals surface area contributed by atoms with Gasteiger partial charge >= 0.3 is 6.09 Å². The predicted molar refractivity (Wildman–Crippen MR) is 104 cm³/mol. The molecule has 0 saturated heterocycles. The second-order valence-corrected chi connectivity index (χ2v) is 6.35. The van der Waals surface area contributed by atoms with E-state index in [0.717, 1.165) is 16.3 Å². The van der Waals surface area contributed by atoms with Gasteiger partial charge in [-0.05, 0) is 30.3 Å². The largest absolute Gasteiger partial charge is 0.447 e. The van der Waals surface area contributed by atoms with E-state index in [9.17, 15) is 4.79 Å². The number of thiazole rings is 1. The molecule has 0 atom stereocenters. The number of hydrogen-bond acceptors (Lipinski definition) is 9. The van der Waals surface area contributed by atoms with E-state index in [4.69, 9.17) is 15.2 Å². The molecule has 2 heterocycles. The van der Waals surface area contributed by atoms with Gasteiger partial charge in [-0.25, -0.2) is 19.7 Å². The first-order valence-corrected chi connectivity index (χ1v) is 8.80. The number of carbonyl (C=O) groups excluding carboxylic acids is 1. The fourth-order valence-corrected chi connectivity index (χ4v) is 2.75. The molecule has 1 aromatic carbocycles. The van der Waals surface area contributed by atoms with Gasteiger partial charge in [-0.1, -0.05) is 11.3 Å². The highest BCUT2D eigenvalue weighted by Gasteiger charge is 2.07. The molecule has 0 radical (unpaired) electrons. The molecule has 0 spiro atoms. The number of hydrogen-bond donors (Lipinski definition) is 3. The topological polar surface area (TPSA) is 124 Å². The maximum Gasteiger partial charge on any atom is 0.411 e. The zero-order valence-corrected chi connectivity index (χ0v) is 15.3. The van der Waals surface area contributed by atoms with Crippen LogP contribution in [0.4, 0.5) is 27.2 Å². The molecule has 0 unspecified atom stereocenters. The maximum atomic E-state index is 11.6. The molecule has 3 aromatic rings. The van der Waals surface area contributed by atoms with Crippen molar-refractivity contribution >= 4 is 39.9 Å². The second kappa shape index (κ2) is 8.92. The number of nitrogens with zero attached hydrogens (tertiary/aromatic N) is 3. The summed E-state index contributed by atoms with van der Waals surface area (Å²) in [6.45, 7) is 0.546. The molecule has 9 nitrogen and oxygen atoms in total. The fourth-order valence-electron chi connectivity index (χ4n) is 2.10. The predicted octanol–water partition coefficient (Wildman–Crippen LogP) is 3.12. The van der Waals surface area contributed by atoms with E-state index >= 15 is 0 Å². The van der Waals surface area contributed by atoms with Gasteiger partial charge in [0.1, 0.15) is 6.61 Å². The third kappa shape index (κ3) is 5.36. The lowest BCUT2D eigenvalue weighted by atomic mass is 10.3. The SMILES string of the molecule is COCCOC(=O)Nc1ccc(Nc2nccc(-c3cnc(N)s3)n2)cc1. The lowest BCUT2D eigenvalue weighted by Crippen LogP contribution is -2.16. The van der Waals surface area contributed by atoms with Gasteiger partial charge in [-0.3, -0.25) is 5.32 Å². The van der Waals surface area contributed by atoms with E-state index < -0.39 is 6.09 Å². The summed E-state index contributed by atoms with van der Waals surface area (Å²) in [5.41, 5.74) is 7.78. The number of aromatic nitrogens is 3. The lowest BCUT2D eigenvalue weighted by molar-refractivity contribution is 0.107. The number of benzene rings is 1. The van der Waals surface area contributed by atoms with E-state index in [2.05, 4.69) is 25.6 Å². The number of ether oxygens (including phenoxy) is 2. The average molecular weight is 386 g/mol. The molecular weight excluding hydrogens is 368 g/mol. The Balaban J connectivity index is 1.61. The van der Waals surface area contributed by atoms with Crippen LogP contribution >= 0.6 is 11.3 Å². The van der Waals surface area contributed by atoms with Gasteiger partial charge in [-0.15, -0.1) is 0 Å². The summed E-state index contributed by atoms with van der Waals surface area (Å²) in [5.74, 6) is 0.444. The van der Waals surface area contributed by atoms with Crippen molar-refractivity contribution in [2.75, 3.05) is 36.7 Å². The quantitative estimate of drug-likeness (QED) is 0.529. The summed E-state index contributed by atoms with van der Waals surface area (Å²) in [4.78, 5) is 25.2. The van der Waals surface area contributed by atoms with E-state index in [1.54, 1.807) is 49.8 Å². The fraction of sp³-hybridized carbons (Fsp3) is 0.176. The van der Waals surface area contributed by atoms with Crippen LogP contribution in [0.2, 0.25) is 0 Å². The summed E-state index contributed by atoms with van der Waals surface area (Å²) in [6.07, 6.45) is 2.80. The molecule has 3 rings (SSSR count). The molecule has 0 aliphatic carbocycles. The number of rotatable bonds is 7. The van der Waals surface area contributed by atoms with Crippen molar-refractivity contribution in [3.8, 4) is 10.6 Å². The van der Waals surface area contributed by atoms with Crippen molar-refractivity contribution in [3.63, 3.8) is 0 Å². The highest BCUT2D eigenvalue weighted by atomic mass is 32.1. The Hall–Kier alpha value is -3.24. The molecule has 27 heavy (non-hydrogen) atoms. The van der Waals surface area contributed by atoms with Crippen LogP contribution in [-0.4, -0.2) is 41.4 Å². The summed E-state index contributed by atoms with van der Waals surface area (Å²) in [6, 6.07) is 8.87. The van der Waals surface area contributed by atoms with Gasteiger partial charge < -0.3 is 20.5 Å². The molecule has 0 saturated carbocycles. The van der Waals surface area contributed by atoms with Gasteiger partial charge in [0, 0.05) is 30.9 Å². The Labute approximate surface area is 159 Å². The van der Waals surface area contributed by atoms with E-state index in [-0.39, 0.29) is 6.61 Å². The molecule has 10 heteroatoms. The summed E-state index contributed by atoms with van der Waals surface area (Å²) >= 11 is 1.36. The lowest BCUT2D eigenvalue weighted by Gasteiger charge is -2.08. The minimum Gasteiger partial charge on any atom is -0.447 e. The van der Waals surface area contributed by atoms with Crippen LogP contribution < -0.4 is 16.4 Å². The van der Waals surface area contributed by atoms with Gasteiger partial charge in [-0.2, -0.15) is 0 Å². The Morgan fingerprint density at radius 1 is 1.15 bits per heavy atom. The molecule has 0 bridgehead atoms. The number of amides is 1. The van der Waals surface area contributed by atoms with Crippen LogP contribution in [0.15, 0.2) is 42.7 Å². The molecule has 1 amide bonds. The molecule has 0 aliphatic rings. The monoisotopic (exact) mass is 386 g/mol. The van der Waals surface area contributed by atoms with E-state index in [0.29, 0.717) is 23.4 Å². The number of nitrogens with one attached hydrogen (secondary N) is 2. The standard InChI is InChI=1S/C17H18N6O3S/c1-25-8-9-26-17(24)22-12-4-2-11(3-5-12)21-16-19-7-6-13(23-16)14-10-20-15(18)27-14/h2-7,10H,8-9H2,1H3,(H2,18,20)(H,22,24)(H,19,21,23). The van der Waals surface area contributed by atoms with Gasteiger partial charge in [0.15, 0.2) is 5.13 Å². The van der Waals surface area contributed by atoms with Crippen molar-refractivity contribution in [1.29, 1.82) is 0 Å². The number of nitrogens with two attached hydrogens (primary N) is 1. The van der Waals surface area contributed by atoms with Crippen molar-refractivity contribution in [2.24, 2.45) is 0 Å². The molecule has 0 aliphatic heterocycles.